The lowest BCUT2D eigenvalue weighted by atomic mass is 10.2. The lowest BCUT2D eigenvalue weighted by molar-refractivity contribution is 0.412. The fourth-order valence-corrected chi connectivity index (χ4v) is 2.19. The molecule has 6 heteroatoms. The van der Waals surface area contributed by atoms with Gasteiger partial charge in [0.1, 0.15) is 5.75 Å². The second kappa shape index (κ2) is 6.51. The van der Waals surface area contributed by atoms with Crippen LogP contribution in [0, 0.1) is 0 Å². The van der Waals surface area contributed by atoms with Crippen LogP contribution in [0.1, 0.15) is 5.56 Å². The largest absolute Gasteiger partial charge is 0.496 e. The first-order chi connectivity index (χ1) is 8.79. The summed E-state index contributed by atoms with van der Waals surface area (Å²) in [6, 6.07) is 6.06. The second-order valence-electron chi connectivity index (χ2n) is 3.81. The Bertz CT molecular complexity index is 487. The Morgan fingerprint density at radius 2 is 2.33 bits per heavy atom. The SMILES string of the molecule is COc1ccc(CNCCn2ccnn2)cc1Br. The van der Waals surface area contributed by atoms with Crippen LogP contribution in [0.25, 0.3) is 0 Å². The van der Waals surface area contributed by atoms with Gasteiger partial charge in [-0.2, -0.15) is 0 Å². The molecule has 1 heterocycles. The molecule has 1 aromatic heterocycles. The number of nitrogens with one attached hydrogen (secondary N) is 1. The molecule has 0 aliphatic rings. The molecule has 0 atom stereocenters. The molecule has 96 valence electrons. The monoisotopic (exact) mass is 310 g/mol. The Morgan fingerprint density at radius 1 is 1.44 bits per heavy atom. The average Bonchev–Trinajstić information content (AvgIpc) is 2.88. The summed E-state index contributed by atoms with van der Waals surface area (Å²) < 4.78 is 7.96. The van der Waals surface area contributed by atoms with Crippen LogP contribution in [-0.4, -0.2) is 28.6 Å². The summed E-state index contributed by atoms with van der Waals surface area (Å²) in [5.41, 5.74) is 1.21. The quantitative estimate of drug-likeness (QED) is 0.827. The zero-order valence-corrected chi connectivity index (χ0v) is 11.7. The highest BCUT2D eigenvalue weighted by Crippen LogP contribution is 2.25. The maximum atomic E-state index is 5.19. The minimum absolute atomic E-state index is 0.817. The molecule has 2 rings (SSSR count). The van der Waals surface area contributed by atoms with Gasteiger partial charge >= 0.3 is 0 Å². The Balaban J connectivity index is 1.78. The van der Waals surface area contributed by atoms with Crippen molar-refractivity contribution >= 4 is 15.9 Å². The Kier molecular flexibility index (Phi) is 4.72. The van der Waals surface area contributed by atoms with Crippen molar-refractivity contribution in [3.63, 3.8) is 0 Å². The third-order valence-corrected chi connectivity index (χ3v) is 3.15. The Hall–Kier alpha value is -1.40. The van der Waals surface area contributed by atoms with E-state index in [-0.39, 0.29) is 0 Å². The Labute approximate surface area is 114 Å². The van der Waals surface area contributed by atoms with Gasteiger partial charge in [-0.3, -0.25) is 4.68 Å². The van der Waals surface area contributed by atoms with Crippen molar-refractivity contribution in [1.29, 1.82) is 0 Å². The van der Waals surface area contributed by atoms with E-state index in [2.05, 4.69) is 37.6 Å². The van der Waals surface area contributed by atoms with E-state index in [1.165, 1.54) is 5.56 Å². The molecule has 18 heavy (non-hydrogen) atoms. The first kappa shape index (κ1) is 13.0. The van der Waals surface area contributed by atoms with Gasteiger partial charge in [0.25, 0.3) is 0 Å². The van der Waals surface area contributed by atoms with Gasteiger partial charge in [0, 0.05) is 19.3 Å². The molecule has 2 aromatic rings. The molecule has 0 saturated heterocycles. The Morgan fingerprint density at radius 3 is 3.00 bits per heavy atom. The van der Waals surface area contributed by atoms with E-state index in [1.807, 2.05) is 18.3 Å². The summed E-state index contributed by atoms with van der Waals surface area (Å²) in [6.45, 7) is 2.49. The smallest absolute Gasteiger partial charge is 0.133 e. The number of rotatable bonds is 6. The number of hydrogen-bond donors (Lipinski definition) is 1. The van der Waals surface area contributed by atoms with E-state index >= 15 is 0 Å². The van der Waals surface area contributed by atoms with Crippen LogP contribution in [0.4, 0.5) is 0 Å². The maximum absolute atomic E-state index is 5.19. The van der Waals surface area contributed by atoms with Gasteiger partial charge in [0.2, 0.25) is 0 Å². The molecule has 1 N–H and O–H groups in total. The van der Waals surface area contributed by atoms with Gasteiger partial charge in [0.05, 0.1) is 24.3 Å². The van der Waals surface area contributed by atoms with Crippen LogP contribution in [0.3, 0.4) is 0 Å². The highest BCUT2D eigenvalue weighted by molar-refractivity contribution is 9.10. The van der Waals surface area contributed by atoms with Crippen molar-refractivity contribution in [1.82, 2.24) is 20.3 Å². The standard InChI is InChI=1S/C12H15BrN4O/c1-18-12-3-2-10(8-11(12)13)9-14-4-6-17-7-5-15-16-17/h2-3,5,7-8,14H,4,6,9H2,1H3. The summed E-state index contributed by atoms with van der Waals surface area (Å²) in [5.74, 6) is 0.848. The van der Waals surface area contributed by atoms with Crippen LogP contribution in [0.5, 0.6) is 5.75 Å². The normalized spacial score (nSPS) is 10.6. The van der Waals surface area contributed by atoms with Gasteiger partial charge < -0.3 is 10.1 Å². The zero-order valence-electron chi connectivity index (χ0n) is 10.1. The predicted molar refractivity (Wildman–Crippen MR) is 72.4 cm³/mol. The molecule has 0 unspecified atom stereocenters. The van der Waals surface area contributed by atoms with Crippen molar-refractivity contribution in [3.8, 4) is 5.75 Å². The fraction of sp³-hybridized carbons (Fsp3) is 0.333. The van der Waals surface area contributed by atoms with E-state index in [9.17, 15) is 0 Å². The molecule has 0 radical (unpaired) electrons. The minimum atomic E-state index is 0.817. The first-order valence-electron chi connectivity index (χ1n) is 5.67. The van der Waals surface area contributed by atoms with Crippen molar-refractivity contribution in [2.24, 2.45) is 0 Å². The topological polar surface area (TPSA) is 52.0 Å². The van der Waals surface area contributed by atoms with E-state index in [0.29, 0.717) is 0 Å². The van der Waals surface area contributed by atoms with Crippen molar-refractivity contribution in [3.05, 3.63) is 40.6 Å². The number of nitrogens with zero attached hydrogens (tertiary/aromatic N) is 3. The zero-order chi connectivity index (χ0) is 12.8. The molecule has 0 amide bonds. The summed E-state index contributed by atoms with van der Waals surface area (Å²) in [7, 11) is 1.66. The molecular formula is C12H15BrN4O. The molecule has 0 aliphatic heterocycles. The van der Waals surface area contributed by atoms with Crippen LogP contribution < -0.4 is 10.1 Å². The summed E-state index contributed by atoms with van der Waals surface area (Å²) in [5, 5.41) is 11.0. The third kappa shape index (κ3) is 3.54. The molecular weight excluding hydrogens is 296 g/mol. The highest BCUT2D eigenvalue weighted by Gasteiger charge is 2.01. The third-order valence-electron chi connectivity index (χ3n) is 2.53. The summed E-state index contributed by atoms with van der Waals surface area (Å²) >= 11 is 3.47. The van der Waals surface area contributed by atoms with E-state index in [4.69, 9.17) is 4.74 Å². The van der Waals surface area contributed by atoms with Gasteiger partial charge in [-0.15, -0.1) is 5.10 Å². The molecule has 0 fully saturated rings. The number of halogens is 1. The predicted octanol–water partition coefficient (Wildman–Crippen LogP) is 1.84. The highest BCUT2D eigenvalue weighted by atomic mass is 79.9. The van der Waals surface area contributed by atoms with E-state index in [1.54, 1.807) is 18.0 Å². The number of methoxy groups -OCH3 is 1. The van der Waals surface area contributed by atoms with Crippen LogP contribution in [0.2, 0.25) is 0 Å². The lowest BCUT2D eigenvalue weighted by Gasteiger charge is -2.07. The molecule has 5 nitrogen and oxygen atoms in total. The number of benzene rings is 1. The molecule has 1 aromatic carbocycles. The maximum Gasteiger partial charge on any atom is 0.133 e. The number of hydrogen-bond acceptors (Lipinski definition) is 4. The number of aromatic nitrogens is 3. The fourth-order valence-electron chi connectivity index (χ4n) is 1.60. The van der Waals surface area contributed by atoms with Gasteiger partial charge in [-0.25, -0.2) is 0 Å². The van der Waals surface area contributed by atoms with Gasteiger partial charge in [-0.1, -0.05) is 11.3 Å². The summed E-state index contributed by atoms with van der Waals surface area (Å²) in [6.07, 6.45) is 3.53. The van der Waals surface area contributed by atoms with E-state index in [0.717, 1.165) is 29.9 Å². The van der Waals surface area contributed by atoms with Crippen molar-refractivity contribution in [2.45, 2.75) is 13.1 Å². The lowest BCUT2D eigenvalue weighted by Crippen LogP contribution is -2.19. The first-order valence-corrected chi connectivity index (χ1v) is 6.46. The molecule has 0 saturated carbocycles. The molecule has 0 bridgehead atoms. The molecule has 0 aliphatic carbocycles. The second-order valence-corrected chi connectivity index (χ2v) is 4.67. The van der Waals surface area contributed by atoms with Crippen LogP contribution >= 0.6 is 15.9 Å². The van der Waals surface area contributed by atoms with Crippen molar-refractivity contribution in [2.75, 3.05) is 13.7 Å². The van der Waals surface area contributed by atoms with Gasteiger partial charge in [-0.05, 0) is 33.6 Å². The van der Waals surface area contributed by atoms with Crippen LogP contribution in [-0.2, 0) is 13.1 Å². The summed E-state index contributed by atoms with van der Waals surface area (Å²) in [4.78, 5) is 0. The average molecular weight is 311 g/mol. The molecule has 0 spiro atoms. The van der Waals surface area contributed by atoms with Crippen LogP contribution in [0.15, 0.2) is 35.1 Å². The minimum Gasteiger partial charge on any atom is -0.496 e. The van der Waals surface area contributed by atoms with E-state index < -0.39 is 0 Å². The number of ether oxygens (including phenoxy) is 1. The van der Waals surface area contributed by atoms with Crippen molar-refractivity contribution < 1.29 is 4.74 Å². The van der Waals surface area contributed by atoms with Gasteiger partial charge in [0.15, 0.2) is 0 Å².